The van der Waals surface area contributed by atoms with E-state index in [1.165, 1.54) is 5.56 Å². The molecule has 4 heteroatoms. The third-order valence-corrected chi connectivity index (χ3v) is 4.09. The Morgan fingerprint density at radius 2 is 2.17 bits per heavy atom. The Morgan fingerprint density at radius 3 is 2.78 bits per heavy atom. The van der Waals surface area contributed by atoms with Crippen molar-refractivity contribution in [1.82, 2.24) is 5.32 Å². The van der Waals surface area contributed by atoms with Crippen molar-refractivity contribution >= 4 is 6.09 Å². The number of alkyl carbamates (subject to hydrolysis) is 1. The van der Waals surface area contributed by atoms with Crippen molar-refractivity contribution in [2.45, 2.75) is 37.3 Å². The van der Waals surface area contributed by atoms with E-state index in [0.29, 0.717) is 12.5 Å². The molecule has 1 aromatic carbocycles. The maximum atomic E-state index is 11.2. The average Bonchev–Trinajstić information content (AvgIpc) is 2.97. The summed E-state index contributed by atoms with van der Waals surface area (Å²) in [6.45, 7) is 0.579. The van der Waals surface area contributed by atoms with E-state index in [4.69, 9.17) is 9.84 Å². The Hall–Kier alpha value is -1.55. The van der Waals surface area contributed by atoms with E-state index < -0.39 is 0 Å². The molecular formula is C14H17NO3. The van der Waals surface area contributed by atoms with E-state index in [1.54, 1.807) is 0 Å². The Morgan fingerprint density at radius 1 is 1.39 bits per heavy atom. The Labute approximate surface area is 106 Å². The zero-order chi connectivity index (χ0) is 12.6. The molecule has 2 atom stereocenters. The number of aliphatic hydroxyl groups is 1. The number of aliphatic hydroxyl groups excluding tert-OH is 1. The van der Waals surface area contributed by atoms with Gasteiger partial charge in [-0.15, -0.1) is 0 Å². The molecule has 1 heterocycles. The Bertz CT molecular complexity index is 457. The van der Waals surface area contributed by atoms with E-state index in [2.05, 4.69) is 17.4 Å². The van der Waals surface area contributed by atoms with Gasteiger partial charge in [0, 0.05) is 0 Å². The van der Waals surface area contributed by atoms with Crippen LogP contribution in [0.25, 0.3) is 0 Å². The first-order valence-electron chi connectivity index (χ1n) is 6.35. The number of hydrogen-bond acceptors (Lipinski definition) is 3. The highest BCUT2D eigenvalue weighted by molar-refractivity contribution is 5.70. The molecule has 3 rings (SSSR count). The largest absolute Gasteiger partial charge is 0.447 e. The van der Waals surface area contributed by atoms with Gasteiger partial charge in [-0.2, -0.15) is 0 Å². The Balaban J connectivity index is 1.73. The van der Waals surface area contributed by atoms with Crippen LogP contribution in [-0.2, 0) is 11.3 Å². The smallest absolute Gasteiger partial charge is 0.407 e. The molecule has 4 nitrogen and oxygen atoms in total. The lowest BCUT2D eigenvalue weighted by Crippen LogP contribution is -2.40. The second kappa shape index (κ2) is 4.28. The number of amides is 1. The summed E-state index contributed by atoms with van der Waals surface area (Å²) in [7, 11) is 0. The number of cyclic esters (lactones) is 1. The summed E-state index contributed by atoms with van der Waals surface area (Å²) >= 11 is 0. The highest BCUT2D eigenvalue weighted by Crippen LogP contribution is 2.42. The SMILES string of the molecule is O=C1NC2(CCC(c3ccc(CO)cc3)C2)CO1. The van der Waals surface area contributed by atoms with Gasteiger partial charge in [-0.05, 0) is 36.3 Å². The number of rotatable bonds is 2. The minimum Gasteiger partial charge on any atom is -0.447 e. The molecule has 1 aliphatic carbocycles. The summed E-state index contributed by atoms with van der Waals surface area (Å²) in [5.74, 6) is 0.472. The van der Waals surface area contributed by atoms with Crippen LogP contribution in [-0.4, -0.2) is 23.3 Å². The topological polar surface area (TPSA) is 58.6 Å². The van der Waals surface area contributed by atoms with Crippen LogP contribution in [0, 0.1) is 0 Å². The van der Waals surface area contributed by atoms with E-state index in [9.17, 15) is 4.79 Å². The molecule has 0 radical (unpaired) electrons. The van der Waals surface area contributed by atoms with Gasteiger partial charge in [0.15, 0.2) is 0 Å². The van der Waals surface area contributed by atoms with Gasteiger partial charge < -0.3 is 15.2 Å². The summed E-state index contributed by atoms with van der Waals surface area (Å²) in [5.41, 5.74) is 2.08. The van der Waals surface area contributed by atoms with Crippen molar-refractivity contribution < 1.29 is 14.6 Å². The lowest BCUT2D eigenvalue weighted by atomic mass is 9.93. The van der Waals surface area contributed by atoms with Crippen molar-refractivity contribution in [3.63, 3.8) is 0 Å². The van der Waals surface area contributed by atoms with Crippen molar-refractivity contribution in [3.05, 3.63) is 35.4 Å². The average molecular weight is 247 g/mol. The van der Waals surface area contributed by atoms with Gasteiger partial charge in [-0.1, -0.05) is 24.3 Å². The van der Waals surface area contributed by atoms with E-state index in [0.717, 1.165) is 24.8 Å². The lowest BCUT2D eigenvalue weighted by molar-refractivity contribution is 0.172. The molecule has 0 bridgehead atoms. The van der Waals surface area contributed by atoms with Gasteiger partial charge in [-0.3, -0.25) is 0 Å². The number of carbonyl (C=O) groups excluding carboxylic acids is 1. The second-order valence-electron chi connectivity index (χ2n) is 5.32. The predicted octanol–water partition coefficient (Wildman–Crippen LogP) is 1.93. The normalized spacial score (nSPS) is 30.5. The van der Waals surface area contributed by atoms with Gasteiger partial charge >= 0.3 is 6.09 Å². The second-order valence-corrected chi connectivity index (χ2v) is 5.32. The van der Waals surface area contributed by atoms with Crippen LogP contribution in [0.2, 0.25) is 0 Å². The van der Waals surface area contributed by atoms with Crippen molar-refractivity contribution in [1.29, 1.82) is 0 Å². The molecule has 1 spiro atoms. The molecule has 96 valence electrons. The molecule has 2 unspecified atom stereocenters. The summed E-state index contributed by atoms with van der Waals surface area (Å²) < 4.78 is 5.03. The van der Waals surface area contributed by atoms with Crippen molar-refractivity contribution in [2.24, 2.45) is 0 Å². The van der Waals surface area contributed by atoms with Crippen LogP contribution < -0.4 is 5.32 Å². The Kier molecular flexibility index (Phi) is 2.74. The van der Waals surface area contributed by atoms with Gasteiger partial charge in [-0.25, -0.2) is 4.79 Å². The molecule has 2 fully saturated rings. The first-order valence-corrected chi connectivity index (χ1v) is 6.35. The predicted molar refractivity (Wildman–Crippen MR) is 66.2 cm³/mol. The van der Waals surface area contributed by atoms with Crippen LogP contribution in [0.15, 0.2) is 24.3 Å². The monoisotopic (exact) mass is 247 g/mol. The number of benzene rings is 1. The summed E-state index contributed by atoms with van der Waals surface area (Å²) in [6.07, 6.45) is 2.70. The van der Waals surface area contributed by atoms with Crippen LogP contribution in [0.3, 0.4) is 0 Å². The maximum absolute atomic E-state index is 11.2. The summed E-state index contributed by atoms with van der Waals surface area (Å²) in [4.78, 5) is 11.2. The standard InChI is InChI=1S/C14H17NO3/c16-8-10-1-3-11(4-2-10)12-5-6-14(7-12)9-18-13(17)15-14/h1-4,12,16H,5-9H2,(H,15,17). The summed E-state index contributed by atoms with van der Waals surface area (Å²) in [5, 5.41) is 12.0. The highest BCUT2D eigenvalue weighted by atomic mass is 16.6. The first-order chi connectivity index (χ1) is 8.71. The van der Waals surface area contributed by atoms with Crippen LogP contribution in [0.5, 0.6) is 0 Å². The minimum absolute atomic E-state index is 0.0821. The van der Waals surface area contributed by atoms with Crippen LogP contribution in [0.4, 0.5) is 4.79 Å². The molecular weight excluding hydrogens is 230 g/mol. The lowest BCUT2D eigenvalue weighted by Gasteiger charge is -2.20. The number of ether oxygens (including phenoxy) is 1. The fourth-order valence-electron chi connectivity index (χ4n) is 3.04. The summed E-state index contributed by atoms with van der Waals surface area (Å²) in [6, 6.07) is 8.08. The third kappa shape index (κ3) is 1.97. The molecule has 18 heavy (non-hydrogen) atoms. The third-order valence-electron chi connectivity index (χ3n) is 4.09. The molecule has 1 aromatic rings. The number of carbonyl (C=O) groups is 1. The van der Waals surface area contributed by atoms with Gasteiger partial charge in [0.05, 0.1) is 12.1 Å². The van der Waals surface area contributed by atoms with Crippen LogP contribution in [0.1, 0.15) is 36.3 Å². The van der Waals surface area contributed by atoms with Gasteiger partial charge in [0.25, 0.3) is 0 Å². The van der Waals surface area contributed by atoms with Crippen molar-refractivity contribution in [2.75, 3.05) is 6.61 Å². The molecule has 1 saturated carbocycles. The van der Waals surface area contributed by atoms with E-state index >= 15 is 0 Å². The molecule has 1 aliphatic heterocycles. The fourth-order valence-corrected chi connectivity index (χ4v) is 3.04. The molecule has 2 aliphatic rings. The molecule has 2 N–H and O–H groups in total. The number of nitrogens with one attached hydrogen (secondary N) is 1. The van der Waals surface area contributed by atoms with Gasteiger partial charge in [0.2, 0.25) is 0 Å². The maximum Gasteiger partial charge on any atom is 0.407 e. The first kappa shape index (κ1) is 11.5. The van der Waals surface area contributed by atoms with E-state index in [-0.39, 0.29) is 18.2 Å². The van der Waals surface area contributed by atoms with E-state index in [1.807, 2.05) is 12.1 Å². The quantitative estimate of drug-likeness (QED) is 0.839. The minimum atomic E-state index is -0.286. The zero-order valence-electron chi connectivity index (χ0n) is 10.2. The fraction of sp³-hybridized carbons (Fsp3) is 0.500. The molecule has 1 saturated heterocycles. The van der Waals surface area contributed by atoms with Gasteiger partial charge in [0.1, 0.15) is 6.61 Å². The zero-order valence-corrected chi connectivity index (χ0v) is 10.2. The number of hydrogen-bond donors (Lipinski definition) is 2. The van der Waals surface area contributed by atoms with Crippen LogP contribution >= 0.6 is 0 Å². The molecule has 0 aromatic heterocycles. The van der Waals surface area contributed by atoms with Crippen molar-refractivity contribution in [3.8, 4) is 0 Å². The molecule has 1 amide bonds. The highest BCUT2D eigenvalue weighted by Gasteiger charge is 2.45.